The largest absolute Gasteiger partial charge is 0.342 e. The molecule has 0 fully saturated rings. The number of hydrogen-bond acceptors (Lipinski definition) is 4. The number of rotatable bonds is 3. The SMILES string of the molecule is CC(=N)O/N=C(\C)C(=O)c1ccc(F)cc1. The van der Waals surface area contributed by atoms with E-state index in [0.29, 0.717) is 5.56 Å². The van der Waals surface area contributed by atoms with Gasteiger partial charge >= 0.3 is 0 Å². The second-order valence-electron chi connectivity index (χ2n) is 3.16. The molecule has 0 bridgehead atoms. The highest BCUT2D eigenvalue weighted by molar-refractivity contribution is 6.45. The van der Waals surface area contributed by atoms with Crippen LogP contribution in [0.5, 0.6) is 0 Å². The summed E-state index contributed by atoms with van der Waals surface area (Å²) in [4.78, 5) is 16.2. The second-order valence-corrected chi connectivity index (χ2v) is 3.16. The van der Waals surface area contributed by atoms with Crippen molar-refractivity contribution in [1.82, 2.24) is 0 Å². The fraction of sp³-hybridized carbons (Fsp3) is 0.182. The maximum Gasteiger partial charge on any atom is 0.214 e. The van der Waals surface area contributed by atoms with Gasteiger partial charge in [0.05, 0.1) is 0 Å². The number of hydrogen-bond donors (Lipinski definition) is 1. The number of halogens is 1. The Morgan fingerprint density at radius 1 is 1.31 bits per heavy atom. The van der Waals surface area contributed by atoms with E-state index >= 15 is 0 Å². The van der Waals surface area contributed by atoms with Crippen molar-refractivity contribution in [1.29, 1.82) is 5.41 Å². The molecule has 0 aromatic heterocycles. The number of carbonyl (C=O) groups is 1. The number of Topliss-reactive ketones (excluding diaryl/α,β-unsaturated/α-hetero) is 1. The monoisotopic (exact) mass is 222 g/mol. The number of ketones is 1. The topological polar surface area (TPSA) is 62.5 Å². The second kappa shape index (κ2) is 5.16. The number of benzene rings is 1. The number of carbonyl (C=O) groups excluding carboxylic acids is 1. The lowest BCUT2D eigenvalue weighted by molar-refractivity contribution is 0.106. The number of nitrogens with one attached hydrogen (secondary N) is 1. The van der Waals surface area contributed by atoms with Crippen LogP contribution >= 0.6 is 0 Å². The Kier molecular flexibility index (Phi) is 3.88. The standard InChI is InChI=1S/C11H11FN2O2/c1-7(14-16-8(2)13)11(15)9-3-5-10(12)6-4-9/h3-6,13H,1-2H3/b13-8?,14-7+. The Bertz CT molecular complexity index is 438. The molecule has 0 unspecified atom stereocenters. The van der Waals surface area contributed by atoms with E-state index in [-0.39, 0.29) is 17.4 Å². The van der Waals surface area contributed by atoms with Crippen molar-refractivity contribution < 1.29 is 14.0 Å². The minimum Gasteiger partial charge on any atom is -0.342 e. The summed E-state index contributed by atoms with van der Waals surface area (Å²) in [6.45, 7) is 2.87. The summed E-state index contributed by atoms with van der Waals surface area (Å²) in [5, 5.41) is 10.4. The molecular formula is C11H11FN2O2. The van der Waals surface area contributed by atoms with Crippen molar-refractivity contribution in [2.75, 3.05) is 0 Å². The average molecular weight is 222 g/mol. The fourth-order valence-corrected chi connectivity index (χ4v) is 0.989. The van der Waals surface area contributed by atoms with E-state index in [4.69, 9.17) is 5.41 Å². The van der Waals surface area contributed by atoms with E-state index in [1.807, 2.05) is 0 Å². The Labute approximate surface area is 92.2 Å². The van der Waals surface area contributed by atoms with Gasteiger partial charge in [-0.05, 0) is 31.2 Å². The van der Waals surface area contributed by atoms with E-state index in [1.165, 1.54) is 38.1 Å². The molecule has 16 heavy (non-hydrogen) atoms. The molecule has 0 radical (unpaired) electrons. The van der Waals surface area contributed by atoms with Crippen LogP contribution in [0.15, 0.2) is 29.4 Å². The van der Waals surface area contributed by atoms with Gasteiger partial charge in [-0.25, -0.2) is 4.39 Å². The molecule has 0 heterocycles. The summed E-state index contributed by atoms with van der Waals surface area (Å²) < 4.78 is 12.6. The van der Waals surface area contributed by atoms with Gasteiger partial charge in [0, 0.05) is 12.5 Å². The fourth-order valence-electron chi connectivity index (χ4n) is 0.989. The predicted octanol–water partition coefficient (Wildman–Crippen LogP) is 2.40. The Balaban J connectivity index is 2.81. The zero-order valence-corrected chi connectivity index (χ0v) is 8.95. The predicted molar refractivity (Wildman–Crippen MR) is 58.3 cm³/mol. The van der Waals surface area contributed by atoms with Gasteiger partial charge in [0.25, 0.3) is 0 Å². The molecule has 0 saturated carbocycles. The minimum atomic E-state index is -0.405. The van der Waals surface area contributed by atoms with Crippen molar-refractivity contribution in [2.24, 2.45) is 5.16 Å². The molecule has 1 aromatic rings. The lowest BCUT2D eigenvalue weighted by atomic mass is 10.1. The minimum absolute atomic E-state index is 0.105. The van der Waals surface area contributed by atoms with Crippen molar-refractivity contribution in [3.8, 4) is 0 Å². The van der Waals surface area contributed by atoms with Crippen LogP contribution < -0.4 is 0 Å². The van der Waals surface area contributed by atoms with Gasteiger partial charge in [-0.3, -0.25) is 10.2 Å². The first-order valence-electron chi connectivity index (χ1n) is 4.57. The summed E-state index contributed by atoms with van der Waals surface area (Å²) in [6.07, 6.45) is 0. The molecule has 0 aliphatic heterocycles. The third-order valence-corrected chi connectivity index (χ3v) is 1.75. The number of oxime groups is 1. The summed E-state index contributed by atoms with van der Waals surface area (Å²) in [6, 6.07) is 5.13. The highest BCUT2D eigenvalue weighted by atomic mass is 19.1. The van der Waals surface area contributed by atoms with Gasteiger partial charge in [0.1, 0.15) is 11.5 Å². The highest BCUT2D eigenvalue weighted by Crippen LogP contribution is 2.05. The first kappa shape index (κ1) is 12.0. The molecule has 1 aromatic carbocycles. The van der Waals surface area contributed by atoms with E-state index in [9.17, 15) is 9.18 Å². The molecule has 5 heteroatoms. The molecule has 0 spiro atoms. The Morgan fingerprint density at radius 2 is 1.88 bits per heavy atom. The van der Waals surface area contributed by atoms with E-state index < -0.39 is 5.82 Å². The number of nitrogens with zero attached hydrogens (tertiary/aromatic N) is 1. The van der Waals surface area contributed by atoms with Gasteiger partial charge in [-0.15, -0.1) is 0 Å². The first-order chi connectivity index (χ1) is 7.50. The first-order valence-corrected chi connectivity index (χ1v) is 4.57. The van der Waals surface area contributed by atoms with Gasteiger partial charge < -0.3 is 4.84 Å². The molecule has 0 aliphatic carbocycles. The van der Waals surface area contributed by atoms with Gasteiger partial charge in [0.2, 0.25) is 11.7 Å². The van der Waals surface area contributed by atoms with Crippen LogP contribution in [-0.4, -0.2) is 17.4 Å². The van der Waals surface area contributed by atoms with Crippen molar-refractivity contribution >= 4 is 17.4 Å². The Morgan fingerprint density at radius 3 is 2.38 bits per heavy atom. The zero-order chi connectivity index (χ0) is 12.1. The third kappa shape index (κ3) is 3.27. The van der Waals surface area contributed by atoms with E-state index in [0.717, 1.165) is 0 Å². The van der Waals surface area contributed by atoms with Crippen LogP contribution in [0.2, 0.25) is 0 Å². The maximum atomic E-state index is 12.6. The Hall–Kier alpha value is -2.04. The molecule has 0 amide bonds. The quantitative estimate of drug-likeness (QED) is 0.369. The van der Waals surface area contributed by atoms with E-state index in [2.05, 4.69) is 9.99 Å². The van der Waals surface area contributed by atoms with Crippen LogP contribution in [0.4, 0.5) is 4.39 Å². The van der Waals surface area contributed by atoms with Gasteiger partial charge in [0.15, 0.2) is 0 Å². The molecule has 1 rings (SSSR count). The molecule has 0 saturated heterocycles. The highest BCUT2D eigenvalue weighted by Gasteiger charge is 2.10. The smallest absolute Gasteiger partial charge is 0.214 e. The summed E-state index contributed by atoms with van der Waals surface area (Å²) in [7, 11) is 0. The summed E-state index contributed by atoms with van der Waals surface area (Å²) in [5.74, 6) is -0.870. The third-order valence-electron chi connectivity index (χ3n) is 1.75. The van der Waals surface area contributed by atoms with Crippen molar-refractivity contribution in [3.63, 3.8) is 0 Å². The molecule has 0 aliphatic rings. The van der Waals surface area contributed by atoms with Crippen molar-refractivity contribution in [2.45, 2.75) is 13.8 Å². The molecular weight excluding hydrogens is 211 g/mol. The van der Waals surface area contributed by atoms with Crippen LogP contribution in [0, 0.1) is 11.2 Å². The molecule has 4 nitrogen and oxygen atoms in total. The summed E-state index contributed by atoms with van der Waals surface area (Å²) in [5.41, 5.74) is 0.437. The maximum absolute atomic E-state index is 12.6. The molecule has 1 N–H and O–H groups in total. The zero-order valence-electron chi connectivity index (χ0n) is 8.95. The van der Waals surface area contributed by atoms with Crippen LogP contribution in [0.25, 0.3) is 0 Å². The van der Waals surface area contributed by atoms with Crippen LogP contribution in [0.1, 0.15) is 24.2 Å². The van der Waals surface area contributed by atoms with Gasteiger partial charge in [-0.2, -0.15) is 0 Å². The average Bonchev–Trinajstić information content (AvgIpc) is 2.26. The van der Waals surface area contributed by atoms with E-state index in [1.54, 1.807) is 0 Å². The molecule has 0 atom stereocenters. The van der Waals surface area contributed by atoms with Crippen LogP contribution in [0.3, 0.4) is 0 Å². The van der Waals surface area contributed by atoms with Crippen molar-refractivity contribution in [3.05, 3.63) is 35.6 Å². The lowest BCUT2D eigenvalue weighted by Crippen LogP contribution is -2.11. The van der Waals surface area contributed by atoms with Crippen LogP contribution in [-0.2, 0) is 4.84 Å². The lowest BCUT2D eigenvalue weighted by Gasteiger charge is -2.00. The van der Waals surface area contributed by atoms with Gasteiger partial charge in [-0.1, -0.05) is 5.16 Å². The summed E-state index contributed by atoms with van der Waals surface area (Å²) >= 11 is 0. The normalized spacial score (nSPS) is 11.1. The molecule has 84 valence electrons.